The summed E-state index contributed by atoms with van der Waals surface area (Å²) in [6.07, 6.45) is 6.04. The quantitative estimate of drug-likeness (QED) is 0.755. The molecule has 1 aliphatic rings. The number of nitrogens with one attached hydrogen (secondary N) is 1. The molecule has 2 rings (SSSR count). The highest BCUT2D eigenvalue weighted by Crippen LogP contribution is 2.31. The number of ether oxygens (including phenoxy) is 1. The first-order valence-electron chi connectivity index (χ1n) is 8.27. The van der Waals surface area contributed by atoms with Gasteiger partial charge in [0.25, 0.3) is 0 Å². The van der Waals surface area contributed by atoms with Crippen molar-refractivity contribution < 1.29 is 4.74 Å². The van der Waals surface area contributed by atoms with Crippen LogP contribution in [0, 0.1) is 5.92 Å². The van der Waals surface area contributed by atoms with Crippen molar-refractivity contribution in [3.63, 3.8) is 0 Å². The Bertz CT molecular complexity index is 412. The predicted molar refractivity (Wildman–Crippen MR) is 85.4 cm³/mol. The van der Waals surface area contributed by atoms with Crippen LogP contribution in [-0.2, 0) is 6.42 Å². The summed E-state index contributed by atoms with van der Waals surface area (Å²) >= 11 is 0. The van der Waals surface area contributed by atoms with Crippen LogP contribution < -0.4 is 10.1 Å². The maximum Gasteiger partial charge on any atom is 0.122 e. The first kappa shape index (κ1) is 15.4. The van der Waals surface area contributed by atoms with Gasteiger partial charge in [-0.3, -0.25) is 0 Å². The van der Waals surface area contributed by atoms with Crippen molar-refractivity contribution in [1.82, 2.24) is 5.32 Å². The number of rotatable bonds is 8. The van der Waals surface area contributed by atoms with Gasteiger partial charge in [-0.1, -0.05) is 45.7 Å². The highest BCUT2D eigenvalue weighted by atomic mass is 16.5. The van der Waals surface area contributed by atoms with E-state index in [1.165, 1.54) is 36.8 Å². The molecular formula is C18H29NO. The second-order valence-corrected chi connectivity index (χ2v) is 5.89. The third kappa shape index (κ3) is 3.76. The molecule has 2 heteroatoms. The molecule has 0 saturated heterocycles. The van der Waals surface area contributed by atoms with Crippen molar-refractivity contribution in [3.8, 4) is 5.75 Å². The van der Waals surface area contributed by atoms with E-state index in [0.29, 0.717) is 6.04 Å². The molecule has 1 atom stereocenters. The molecule has 1 aliphatic heterocycles. The molecule has 1 aromatic rings. The summed E-state index contributed by atoms with van der Waals surface area (Å²) in [7, 11) is 0. The van der Waals surface area contributed by atoms with Crippen LogP contribution >= 0.6 is 0 Å². The number of hydrogen-bond acceptors (Lipinski definition) is 2. The SMILES string of the molecule is CCCNC(CC(CC)CC)c1ccc2c(c1)CCO2. The van der Waals surface area contributed by atoms with E-state index in [2.05, 4.69) is 44.3 Å². The van der Waals surface area contributed by atoms with Crippen LogP contribution in [0.3, 0.4) is 0 Å². The minimum atomic E-state index is 0.491. The fraction of sp³-hybridized carbons (Fsp3) is 0.667. The highest BCUT2D eigenvalue weighted by Gasteiger charge is 2.19. The number of fused-ring (bicyclic) bond motifs is 1. The van der Waals surface area contributed by atoms with Crippen LogP contribution in [-0.4, -0.2) is 13.2 Å². The van der Waals surface area contributed by atoms with E-state index in [0.717, 1.165) is 31.2 Å². The molecule has 2 nitrogen and oxygen atoms in total. The summed E-state index contributed by atoms with van der Waals surface area (Å²) in [5, 5.41) is 3.74. The van der Waals surface area contributed by atoms with Crippen LogP contribution in [0.5, 0.6) is 5.75 Å². The molecule has 0 fully saturated rings. The van der Waals surface area contributed by atoms with Crippen LogP contribution in [0.2, 0.25) is 0 Å². The van der Waals surface area contributed by atoms with Gasteiger partial charge in [-0.25, -0.2) is 0 Å². The molecule has 0 radical (unpaired) electrons. The standard InChI is InChI=1S/C18H29NO/c1-4-10-19-17(12-14(5-2)6-3)15-7-8-18-16(13-15)9-11-20-18/h7-8,13-14,17,19H,4-6,9-12H2,1-3H3. The second kappa shape index (κ2) is 7.68. The van der Waals surface area contributed by atoms with Crippen LogP contribution in [0.15, 0.2) is 18.2 Å². The lowest BCUT2D eigenvalue weighted by Gasteiger charge is -2.24. The Labute approximate surface area is 123 Å². The normalized spacial score (nSPS) is 15.2. The average Bonchev–Trinajstić information content (AvgIpc) is 2.95. The van der Waals surface area contributed by atoms with Gasteiger partial charge in [0.05, 0.1) is 6.61 Å². The lowest BCUT2D eigenvalue weighted by molar-refractivity contribution is 0.356. The molecule has 0 aliphatic carbocycles. The first-order valence-corrected chi connectivity index (χ1v) is 8.27. The van der Waals surface area contributed by atoms with E-state index in [9.17, 15) is 0 Å². The molecule has 1 N–H and O–H groups in total. The summed E-state index contributed by atoms with van der Waals surface area (Å²) in [4.78, 5) is 0. The second-order valence-electron chi connectivity index (χ2n) is 5.89. The molecule has 0 amide bonds. The van der Waals surface area contributed by atoms with Gasteiger partial charge in [0.1, 0.15) is 5.75 Å². The molecule has 0 saturated carbocycles. The maximum atomic E-state index is 5.62. The molecule has 0 spiro atoms. The predicted octanol–water partition coefficient (Wildman–Crippen LogP) is 4.49. The first-order chi connectivity index (χ1) is 9.78. The lowest BCUT2D eigenvalue weighted by Crippen LogP contribution is -2.24. The molecule has 1 unspecified atom stereocenters. The van der Waals surface area contributed by atoms with Gasteiger partial charge in [0, 0.05) is 12.5 Å². The van der Waals surface area contributed by atoms with Gasteiger partial charge in [-0.05, 0) is 42.5 Å². The zero-order chi connectivity index (χ0) is 14.4. The molecule has 1 heterocycles. The van der Waals surface area contributed by atoms with E-state index in [1.54, 1.807) is 0 Å². The number of hydrogen-bond donors (Lipinski definition) is 1. The fourth-order valence-electron chi connectivity index (χ4n) is 3.03. The van der Waals surface area contributed by atoms with Crippen molar-refractivity contribution in [2.75, 3.05) is 13.2 Å². The van der Waals surface area contributed by atoms with Gasteiger partial charge < -0.3 is 10.1 Å². The third-order valence-corrected chi connectivity index (χ3v) is 4.48. The Morgan fingerprint density at radius 2 is 2.00 bits per heavy atom. The highest BCUT2D eigenvalue weighted by molar-refractivity contribution is 5.40. The summed E-state index contributed by atoms with van der Waals surface area (Å²) < 4.78 is 5.62. The van der Waals surface area contributed by atoms with Crippen molar-refractivity contribution in [3.05, 3.63) is 29.3 Å². The number of benzene rings is 1. The minimum absolute atomic E-state index is 0.491. The third-order valence-electron chi connectivity index (χ3n) is 4.48. The zero-order valence-electron chi connectivity index (χ0n) is 13.2. The summed E-state index contributed by atoms with van der Waals surface area (Å²) in [5.74, 6) is 1.90. The van der Waals surface area contributed by atoms with Gasteiger partial charge in [0.2, 0.25) is 0 Å². The summed E-state index contributed by atoms with van der Waals surface area (Å²) in [6, 6.07) is 7.26. The van der Waals surface area contributed by atoms with Crippen LogP contribution in [0.4, 0.5) is 0 Å². The lowest BCUT2D eigenvalue weighted by atomic mass is 9.90. The molecular weight excluding hydrogens is 246 g/mol. The molecule has 112 valence electrons. The maximum absolute atomic E-state index is 5.62. The summed E-state index contributed by atoms with van der Waals surface area (Å²) in [5.41, 5.74) is 2.82. The molecule has 0 bridgehead atoms. The Kier molecular flexibility index (Phi) is 5.90. The Morgan fingerprint density at radius 3 is 2.70 bits per heavy atom. The van der Waals surface area contributed by atoms with E-state index < -0.39 is 0 Å². The monoisotopic (exact) mass is 275 g/mol. The smallest absolute Gasteiger partial charge is 0.122 e. The van der Waals surface area contributed by atoms with Gasteiger partial charge in [-0.15, -0.1) is 0 Å². The Balaban J connectivity index is 2.12. The molecule has 0 aromatic heterocycles. The summed E-state index contributed by atoms with van der Waals surface area (Å²) in [6.45, 7) is 8.79. The molecule has 1 aromatic carbocycles. The van der Waals surface area contributed by atoms with E-state index >= 15 is 0 Å². The van der Waals surface area contributed by atoms with E-state index in [-0.39, 0.29) is 0 Å². The van der Waals surface area contributed by atoms with Crippen molar-refractivity contribution in [2.24, 2.45) is 5.92 Å². The van der Waals surface area contributed by atoms with Crippen LogP contribution in [0.25, 0.3) is 0 Å². The largest absolute Gasteiger partial charge is 0.493 e. The Hall–Kier alpha value is -1.02. The van der Waals surface area contributed by atoms with Crippen molar-refractivity contribution in [2.45, 2.75) is 58.9 Å². The topological polar surface area (TPSA) is 21.3 Å². The van der Waals surface area contributed by atoms with E-state index in [1.807, 2.05) is 0 Å². The zero-order valence-corrected chi connectivity index (χ0v) is 13.2. The Morgan fingerprint density at radius 1 is 1.20 bits per heavy atom. The average molecular weight is 275 g/mol. The van der Waals surface area contributed by atoms with E-state index in [4.69, 9.17) is 4.74 Å². The van der Waals surface area contributed by atoms with Crippen LogP contribution in [0.1, 0.15) is 63.6 Å². The van der Waals surface area contributed by atoms with Gasteiger partial charge >= 0.3 is 0 Å². The fourth-order valence-corrected chi connectivity index (χ4v) is 3.03. The van der Waals surface area contributed by atoms with Gasteiger partial charge in [-0.2, -0.15) is 0 Å². The van der Waals surface area contributed by atoms with Crippen molar-refractivity contribution >= 4 is 0 Å². The molecule has 20 heavy (non-hydrogen) atoms. The van der Waals surface area contributed by atoms with Gasteiger partial charge in [0.15, 0.2) is 0 Å². The minimum Gasteiger partial charge on any atom is -0.493 e. The van der Waals surface area contributed by atoms with Crippen molar-refractivity contribution in [1.29, 1.82) is 0 Å².